The van der Waals surface area contributed by atoms with E-state index < -0.39 is 0 Å². The fourth-order valence-electron chi connectivity index (χ4n) is 5.00. The SMILES string of the molecule is O=C1NC2(CC2)C2(CC2)c2[nH]c3c(c21)CCc1cnc(Cl)cc1-3. The lowest BCUT2D eigenvalue weighted by molar-refractivity contribution is 0.0898. The number of halogens is 1. The van der Waals surface area contributed by atoms with Crippen LogP contribution in [0.15, 0.2) is 12.3 Å². The predicted molar refractivity (Wildman–Crippen MR) is 86.8 cm³/mol. The zero-order valence-electron chi connectivity index (χ0n) is 12.6. The third-order valence-electron chi connectivity index (χ3n) is 6.44. The predicted octanol–water partition coefficient (Wildman–Crippen LogP) is 3.14. The number of pyridine rings is 1. The second-order valence-electron chi connectivity index (χ2n) is 7.51. The van der Waals surface area contributed by atoms with Gasteiger partial charge in [-0.3, -0.25) is 4.79 Å². The highest BCUT2D eigenvalue weighted by Crippen LogP contribution is 2.67. The molecule has 0 radical (unpaired) electrons. The van der Waals surface area contributed by atoms with E-state index in [0.717, 1.165) is 42.5 Å². The third-order valence-corrected chi connectivity index (χ3v) is 6.65. The molecule has 2 saturated carbocycles. The van der Waals surface area contributed by atoms with Gasteiger partial charge in [0.2, 0.25) is 0 Å². The molecule has 5 heteroatoms. The van der Waals surface area contributed by atoms with E-state index in [-0.39, 0.29) is 16.9 Å². The fraction of sp³-hybridized carbons (Fsp3) is 0.444. The van der Waals surface area contributed by atoms with Crippen molar-refractivity contribution < 1.29 is 4.79 Å². The smallest absolute Gasteiger partial charge is 0.253 e. The Morgan fingerprint density at radius 1 is 1.17 bits per heavy atom. The number of fused-ring (bicyclic) bond motifs is 7. The number of nitrogens with zero attached hydrogens (tertiary/aromatic N) is 1. The molecule has 6 rings (SSSR count). The summed E-state index contributed by atoms with van der Waals surface area (Å²) in [5, 5.41) is 3.86. The molecule has 23 heavy (non-hydrogen) atoms. The average molecular weight is 326 g/mol. The highest BCUT2D eigenvalue weighted by Gasteiger charge is 2.70. The van der Waals surface area contributed by atoms with E-state index in [1.807, 2.05) is 12.3 Å². The summed E-state index contributed by atoms with van der Waals surface area (Å²) in [5.41, 5.74) is 6.95. The number of aryl methyl sites for hydroxylation is 1. The van der Waals surface area contributed by atoms with Crippen LogP contribution in [0.25, 0.3) is 11.3 Å². The minimum atomic E-state index is 0.0449. The first-order valence-electron chi connectivity index (χ1n) is 8.36. The number of H-pyrrole nitrogens is 1. The van der Waals surface area contributed by atoms with Gasteiger partial charge in [-0.2, -0.15) is 0 Å². The second kappa shape index (κ2) is 3.64. The molecule has 4 aliphatic rings. The van der Waals surface area contributed by atoms with E-state index in [4.69, 9.17) is 11.6 Å². The van der Waals surface area contributed by atoms with E-state index in [1.165, 1.54) is 29.7 Å². The van der Waals surface area contributed by atoms with E-state index >= 15 is 0 Å². The summed E-state index contributed by atoms with van der Waals surface area (Å²) >= 11 is 6.12. The summed E-state index contributed by atoms with van der Waals surface area (Å²) in [5.74, 6) is 0.121. The topological polar surface area (TPSA) is 57.8 Å². The van der Waals surface area contributed by atoms with Crippen molar-refractivity contribution in [2.45, 2.75) is 49.5 Å². The number of nitrogens with one attached hydrogen (secondary N) is 2. The van der Waals surface area contributed by atoms with Gasteiger partial charge in [-0.1, -0.05) is 11.6 Å². The molecule has 3 heterocycles. The van der Waals surface area contributed by atoms with Crippen molar-refractivity contribution in [1.29, 1.82) is 0 Å². The maximum absolute atomic E-state index is 12.8. The number of amides is 1. The van der Waals surface area contributed by atoms with Gasteiger partial charge in [0.25, 0.3) is 5.91 Å². The van der Waals surface area contributed by atoms with Gasteiger partial charge < -0.3 is 10.3 Å². The van der Waals surface area contributed by atoms with Crippen LogP contribution in [-0.4, -0.2) is 21.4 Å². The average Bonchev–Trinajstić information content (AvgIpc) is 3.43. The summed E-state index contributed by atoms with van der Waals surface area (Å²) in [7, 11) is 0. The molecule has 116 valence electrons. The Kier molecular flexibility index (Phi) is 1.99. The highest BCUT2D eigenvalue weighted by molar-refractivity contribution is 6.29. The molecule has 1 aliphatic heterocycles. The summed E-state index contributed by atoms with van der Waals surface area (Å²) in [4.78, 5) is 20.7. The number of hydrogen-bond acceptors (Lipinski definition) is 2. The lowest BCUT2D eigenvalue weighted by Gasteiger charge is -2.33. The number of aromatic nitrogens is 2. The molecule has 3 aliphatic carbocycles. The molecule has 2 spiro atoms. The van der Waals surface area contributed by atoms with Crippen molar-refractivity contribution >= 4 is 17.5 Å². The van der Waals surface area contributed by atoms with Gasteiger partial charge in [-0.05, 0) is 55.7 Å². The Morgan fingerprint density at radius 2 is 2.00 bits per heavy atom. The van der Waals surface area contributed by atoms with E-state index in [2.05, 4.69) is 15.3 Å². The summed E-state index contributed by atoms with van der Waals surface area (Å²) in [6.45, 7) is 0. The van der Waals surface area contributed by atoms with Gasteiger partial charge in [0, 0.05) is 22.9 Å². The Bertz CT molecular complexity index is 905. The molecule has 2 N–H and O–H groups in total. The van der Waals surface area contributed by atoms with Gasteiger partial charge in [-0.15, -0.1) is 0 Å². The van der Waals surface area contributed by atoms with Gasteiger partial charge >= 0.3 is 0 Å². The minimum Gasteiger partial charge on any atom is -0.357 e. The normalized spacial score (nSPS) is 24.0. The molecule has 0 atom stereocenters. The molecule has 0 bridgehead atoms. The number of rotatable bonds is 0. The molecule has 4 nitrogen and oxygen atoms in total. The monoisotopic (exact) mass is 325 g/mol. The Labute approximate surface area is 138 Å². The van der Waals surface area contributed by atoms with Crippen LogP contribution in [0.5, 0.6) is 0 Å². The van der Waals surface area contributed by atoms with Crippen LogP contribution in [0.1, 0.15) is 52.9 Å². The Morgan fingerprint density at radius 3 is 2.74 bits per heavy atom. The lowest BCUT2D eigenvalue weighted by Crippen LogP contribution is -2.51. The molecule has 2 aromatic rings. The van der Waals surface area contributed by atoms with Crippen molar-refractivity contribution in [3.63, 3.8) is 0 Å². The maximum atomic E-state index is 12.8. The zero-order valence-corrected chi connectivity index (χ0v) is 13.4. The van der Waals surface area contributed by atoms with Crippen molar-refractivity contribution in [2.24, 2.45) is 0 Å². The molecular weight excluding hydrogens is 310 g/mol. The second-order valence-corrected chi connectivity index (χ2v) is 7.90. The molecule has 2 fully saturated rings. The first-order valence-corrected chi connectivity index (χ1v) is 8.74. The Balaban J connectivity index is 1.64. The first kappa shape index (κ1) is 12.6. The summed E-state index contributed by atoms with van der Waals surface area (Å²) in [6, 6.07) is 1.93. The van der Waals surface area contributed by atoms with Crippen LogP contribution < -0.4 is 5.32 Å². The van der Waals surface area contributed by atoms with Crippen LogP contribution in [0.4, 0.5) is 0 Å². The number of hydrogen-bond donors (Lipinski definition) is 2. The summed E-state index contributed by atoms with van der Waals surface area (Å²) in [6.07, 6.45) is 8.29. The lowest BCUT2D eigenvalue weighted by atomic mass is 9.81. The standard InChI is InChI=1S/C18H16ClN3O/c19-12-7-11-9(8-20-12)1-2-10-13-15(21-14(10)11)17(3-4-17)18(5-6-18)22-16(13)23/h7-8,21H,1-6H2,(H,22,23). The maximum Gasteiger partial charge on any atom is 0.253 e. The van der Waals surface area contributed by atoms with Crippen LogP contribution in [0.2, 0.25) is 5.15 Å². The first-order chi connectivity index (χ1) is 11.1. The van der Waals surface area contributed by atoms with Gasteiger partial charge in [-0.25, -0.2) is 4.98 Å². The third kappa shape index (κ3) is 1.36. The Hall–Kier alpha value is -1.81. The highest BCUT2D eigenvalue weighted by atomic mass is 35.5. The van der Waals surface area contributed by atoms with Gasteiger partial charge in [0.05, 0.1) is 16.8 Å². The van der Waals surface area contributed by atoms with E-state index in [1.54, 1.807) is 0 Å². The molecular formula is C18H16ClN3O. The minimum absolute atomic E-state index is 0.0449. The van der Waals surface area contributed by atoms with Crippen molar-refractivity contribution in [1.82, 2.24) is 15.3 Å². The molecule has 0 saturated heterocycles. The summed E-state index contributed by atoms with van der Waals surface area (Å²) < 4.78 is 0. The van der Waals surface area contributed by atoms with Crippen LogP contribution >= 0.6 is 11.6 Å². The largest absolute Gasteiger partial charge is 0.357 e. The van der Waals surface area contributed by atoms with Gasteiger partial charge in [0.15, 0.2) is 0 Å². The molecule has 2 aromatic heterocycles. The van der Waals surface area contributed by atoms with Crippen LogP contribution in [0.3, 0.4) is 0 Å². The van der Waals surface area contributed by atoms with Crippen LogP contribution in [-0.2, 0) is 18.3 Å². The number of carbonyl (C=O) groups is 1. The van der Waals surface area contributed by atoms with E-state index in [0.29, 0.717) is 5.15 Å². The van der Waals surface area contributed by atoms with E-state index in [9.17, 15) is 4.79 Å². The quantitative estimate of drug-likeness (QED) is 0.731. The zero-order chi connectivity index (χ0) is 15.4. The number of aromatic amines is 1. The van der Waals surface area contributed by atoms with Crippen molar-refractivity contribution in [2.75, 3.05) is 0 Å². The number of carbonyl (C=O) groups excluding carboxylic acids is 1. The van der Waals surface area contributed by atoms with Crippen molar-refractivity contribution in [3.8, 4) is 11.3 Å². The van der Waals surface area contributed by atoms with Crippen LogP contribution in [0, 0.1) is 0 Å². The molecule has 1 amide bonds. The fourth-order valence-corrected chi connectivity index (χ4v) is 5.16. The van der Waals surface area contributed by atoms with Gasteiger partial charge in [0.1, 0.15) is 5.15 Å². The molecule has 0 aromatic carbocycles. The van der Waals surface area contributed by atoms with Crippen molar-refractivity contribution in [3.05, 3.63) is 39.8 Å². The molecule has 0 unspecified atom stereocenters.